The number of aromatic amines is 1. The van der Waals surface area contributed by atoms with Gasteiger partial charge < -0.3 is 30.4 Å². The fourth-order valence-corrected chi connectivity index (χ4v) is 5.43. The highest BCUT2D eigenvalue weighted by Gasteiger charge is 2.40. The summed E-state index contributed by atoms with van der Waals surface area (Å²) in [5, 5.41) is 9.79. The SMILES string of the molecule is COC(=O)[C@@H]1Cc2c([nH]c3ccccc23)C2Nc3ccccc3C2C[C@@H](C(=O)OC)NC(=O)CC(=O)N1. The second kappa shape index (κ2) is 9.96. The Kier molecular flexibility index (Phi) is 6.56. The van der Waals surface area contributed by atoms with Gasteiger partial charge in [-0.15, -0.1) is 0 Å². The molecule has 0 spiro atoms. The molecule has 10 nitrogen and oxygen atoms in total. The van der Waals surface area contributed by atoms with Gasteiger partial charge in [-0.3, -0.25) is 9.59 Å². The van der Waals surface area contributed by atoms with Crippen molar-refractivity contribution in [2.75, 3.05) is 19.5 Å². The van der Waals surface area contributed by atoms with Gasteiger partial charge in [0.15, 0.2) is 0 Å². The summed E-state index contributed by atoms with van der Waals surface area (Å²) in [6.45, 7) is 0. The van der Waals surface area contributed by atoms with Crippen molar-refractivity contribution in [1.29, 1.82) is 0 Å². The number of para-hydroxylation sites is 2. The minimum Gasteiger partial charge on any atom is -0.467 e. The molecule has 4 atom stereocenters. The molecule has 3 aromatic rings. The number of benzene rings is 2. The quantitative estimate of drug-likeness (QED) is 0.310. The second-order valence-corrected chi connectivity index (χ2v) is 9.28. The molecule has 2 amide bonds. The zero-order valence-corrected chi connectivity index (χ0v) is 20.5. The van der Waals surface area contributed by atoms with Gasteiger partial charge in [0.2, 0.25) is 11.8 Å². The van der Waals surface area contributed by atoms with Crippen LogP contribution in [0.2, 0.25) is 0 Å². The van der Waals surface area contributed by atoms with Crippen LogP contribution in [0, 0.1) is 0 Å². The molecule has 37 heavy (non-hydrogen) atoms. The van der Waals surface area contributed by atoms with E-state index in [-0.39, 0.29) is 24.8 Å². The maximum Gasteiger partial charge on any atom is 0.328 e. The first-order valence-electron chi connectivity index (χ1n) is 12.1. The van der Waals surface area contributed by atoms with Gasteiger partial charge in [-0.2, -0.15) is 0 Å². The van der Waals surface area contributed by atoms with Crippen LogP contribution in [0.15, 0.2) is 48.5 Å². The van der Waals surface area contributed by atoms with Crippen molar-refractivity contribution in [1.82, 2.24) is 15.6 Å². The van der Waals surface area contributed by atoms with Crippen molar-refractivity contribution in [3.05, 3.63) is 65.4 Å². The lowest BCUT2D eigenvalue weighted by Crippen LogP contribution is -2.47. The molecule has 2 unspecified atom stereocenters. The van der Waals surface area contributed by atoms with Crippen LogP contribution in [0.4, 0.5) is 5.69 Å². The lowest BCUT2D eigenvalue weighted by molar-refractivity contribution is -0.146. The highest BCUT2D eigenvalue weighted by Crippen LogP contribution is 2.48. The average Bonchev–Trinajstić information content (AvgIpc) is 3.44. The summed E-state index contributed by atoms with van der Waals surface area (Å²) in [6.07, 6.45) is -0.157. The van der Waals surface area contributed by atoms with E-state index in [4.69, 9.17) is 9.47 Å². The third kappa shape index (κ3) is 4.62. The summed E-state index contributed by atoms with van der Waals surface area (Å²) in [5.41, 5.74) is 4.47. The minimum absolute atomic E-state index is 0.154. The summed E-state index contributed by atoms with van der Waals surface area (Å²) in [6, 6.07) is 13.3. The van der Waals surface area contributed by atoms with E-state index in [1.165, 1.54) is 14.2 Å². The Labute approximate surface area is 213 Å². The van der Waals surface area contributed by atoms with Crippen molar-refractivity contribution >= 4 is 40.3 Å². The minimum atomic E-state index is -1.01. The molecule has 0 aliphatic carbocycles. The Bertz CT molecular complexity index is 1380. The zero-order chi connectivity index (χ0) is 26.1. The summed E-state index contributed by atoms with van der Waals surface area (Å²) >= 11 is 0. The number of carbonyl (C=O) groups excluding carboxylic acids is 4. The number of nitrogens with one attached hydrogen (secondary N) is 4. The van der Waals surface area contributed by atoms with Crippen LogP contribution in [0.3, 0.4) is 0 Å². The molecule has 0 saturated heterocycles. The van der Waals surface area contributed by atoms with Crippen LogP contribution in [-0.4, -0.2) is 55.0 Å². The van der Waals surface area contributed by atoms with E-state index in [0.29, 0.717) is 0 Å². The van der Waals surface area contributed by atoms with E-state index >= 15 is 0 Å². The van der Waals surface area contributed by atoms with Crippen molar-refractivity contribution in [3.63, 3.8) is 0 Å². The Hall–Kier alpha value is -4.34. The van der Waals surface area contributed by atoms with Gasteiger partial charge in [-0.25, -0.2) is 9.59 Å². The number of amides is 2. The summed E-state index contributed by atoms with van der Waals surface area (Å²) in [4.78, 5) is 54.4. The maximum atomic E-state index is 12.7. The van der Waals surface area contributed by atoms with Crippen molar-refractivity contribution in [2.24, 2.45) is 0 Å². The number of rotatable bonds is 2. The number of fused-ring (bicyclic) bond motifs is 7. The molecular formula is C27H28N4O6. The van der Waals surface area contributed by atoms with E-state index in [2.05, 4.69) is 20.9 Å². The highest BCUT2D eigenvalue weighted by molar-refractivity contribution is 6.00. The van der Waals surface area contributed by atoms with E-state index in [1.54, 1.807) is 0 Å². The Morgan fingerprint density at radius 1 is 0.838 bits per heavy atom. The van der Waals surface area contributed by atoms with Crippen LogP contribution < -0.4 is 16.0 Å². The molecule has 192 valence electrons. The number of anilines is 1. The molecular weight excluding hydrogens is 476 g/mol. The first kappa shape index (κ1) is 24.4. The topological polar surface area (TPSA) is 139 Å². The van der Waals surface area contributed by atoms with E-state index in [9.17, 15) is 19.2 Å². The molecule has 0 radical (unpaired) electrons. The predicted molar refractivity (Wildman–Crippen MR) is 135 cm³/mol. The second-order valence-electron chi connectivity index (χ2n) is 9.28. The maximum absolute atomic E-state index is 12.7. The Balaban J connectivity index is 1.68. The fourth-order valence-electron chi connectivity index (χ4n) is 5.43. The smallest absolute Gasteiger partial charge is 0.328 e. The Morgan fingerprint density at radius 2 is 1.49 bits per heavy atom. The zero-order valence-electron chi connectivity index (χ0n) is 20.5. The summed E-state index contributed by atoms with van der Waals surface area (Å²) in [5.74, 6) is -2.74. The highest BCUT2D eigenvalue weighted by atomic mass is 16.5. The summed E-state index contributed by atoms with van der Waals surface area (Å²) in [7, 11) is 2.52. The molecule has 3 heterocycles. The van der Waals surface area contributed by atoms with Crippen molar-refractivity contribution in [2.45, 2.75) is 43.3 Å². The first-order valence-corrected chi connectivity index (χ1v) is 12.1. The molecule has 5 rings (SSSR count). The Morgan fingerprint density at radius 3 is 2.24 bits per heavy atom. The average molecular weight is 505 g/mol. The van der Waals surface area contributed by atoms with Crippen LogP contribution in [0.5, 0.6) is 0 Å². The van der Waals surface area contributed by atoms with Gasteiger partial charge >= 0.3 is 11.9 Å². The standard InChI is InChI=1S/C27H28N4O6/c1-36-26(34)20-11-16-14-7-3-5-9-18(14)30-24(16)25-17(15-8-4-6-10-19(15)31-25)12-21(27(35)37-2)29-23(33)13-22(32)28-20/h3-10,16,20-21,24,30-31H,11-13H2,1-2H3,(H,28,32)(H,29,33)/t16?,20-,21-,24?/m0/s1. The van der Waals surface area contributed by atoms with Gasteiger partial charge in [0, 0.05) is 34.6 Å². The van der Waals surface area contributed by atoms with Crippen LogP contribution in [0.1, 0.15) is 41.6 Å². The van der Waals surface area contributed by atoms with E-state index in [1.807, 2.05) is 48.5 Å². The van der Waals surface area contributed by atoms with E-state index < -0.39 is 42.3 Å². The fraction of sp³-hybridized carbons (Fsp3) is 0.333. The summed E-state index contributed by atoms with van der Waals surface area (Å²) < 4.78 is 9.96. The largest absolute Gasteiger partial charge is 0.467 e. The molecule has 2 aromatic carbocycles. The molecule has 10 heteroatoms. The van der Waals surface area contributed by atoms with Gasteiger partial charge in [-0.1, -0.05) is 36.4 Å². The molecule has 1 aromatic heterocycles. The number of esters is 2. The van der Waals surface area contributed by atoms with Crippen molar-refractivity contribution in [3.8, 4) is 0 Å². The number of aromatic nitrogens is 1. The third-order valence-corrected chi connectivity index (χ3v) is 7.09. The number of methoxy groups -OCH3 is 2. The van der Waals surface area contributed by atoms with Gasteiger partial charge in [-0.05, 0) is 29.7 Å². The number of H-pyrrole nitrogens is 1. The lowest BCUT2D eigenvalue weighted by Gasteiger charge is -2.25. The number of ether oxygens (including phenoxy) is 2. The number of hydrogen-bond acceptors (Lipinski definition) is 7. The van der Waals surface area contributed by atoms with Crippen LogP contribution in [0.25, 0.3) is 10.9 Å². The number of hydrogen-bond donors (Lipinski definition) is 4. The monoisotopic (exact) mass is 504 g/mol. The first-order chi connectivity index (χ1) is 17.9. The number of carbonyl (C=O) groups is 4. The predicted octanol–water partition coefficient (Wildman–Crippen LogP) is 2.07. The molecule has 2 aliphatic heterocycles. The van der Waals surface area contributed by atoms with Gasteiger partial charge in [0.25, 0.3) is 0 Å². The van der Waals surface area contributed by atoms with E-state index in [0.717, 1.165) is 33.4 Å². The molecule has 4 N–H and O–H groups in total. The molecule has 0 fully saturated rings. The molecule has 0 bridgehead atoms. The van der Waals surface area contributed by atoms with Gasteiger partial charge in [0.1, 0.15) is 18.5 Å². The normalized spacial score (nSPS) is 23.5. The lowest BCUT2D eigenvalue weighted by atomic mass is 9.85. The molecule has 0 saturated carbocycles. The van der Waals surface area contributed by atoms with Gasteiger partial charge in [0.05, 0.1) is 20.3 Å². The molecule has 2 aliphatic rings. The van der Waals surface area contributed by atoms with Crippen molar-refractivity contribution < 1.29 is 28.7 Å². The van der Waals surface area contributed by atoms with Crippen LogP contribution >= 0.6 is 0 Å². The third-order valence-electron chi connectivity index (χ3n) is 7.09. The van der Waals surface area contributed by atoms with Crippen LogP contribution in [-0.2, 0) is 35.1 Å².